The van der Waals surface area contributed by atoms with Crippen molar-refractivity contribution in [2.75, 3.05) is 0 Å². The van der Waals surface area contributed by atoms with Crippen molar-refractivity contribution in [2.24, 2.45) is 0 Å². The third-order valence-corrected chi connectivity index (χ3v) is 5.20. The molecular weight excluding hydrogens is 369 g/mol. The third-order valence-electron chi connectivity index (χ3n) is 3.04. The van der Waals surface area contributed by atoms with Gasteiger partial charge in [0.25, 0.3) is 0 Å². The van der Waals surface area contributed by atoms with E-state index in [1.165, 1.54) is 6.07 Å². The lowest BCUT2D eigenvalue weighted by atomic mass is 10.1. The van der Waals surface area contributed by atoms with E-state index in [1.54, 1.807) is 18.2 Å². The van der Waals surface area contributed by atoms with E-state index in [9.17, 15) is 13.5 Å². The van der Waals surface area contributed by atoms with E-state index in [2.05, 4.69) is 4.72 Å². The van der Waals surface area contributed by atoms with Crippen LogP contribution in [-0.2, 0) is 16.6 Å². The van der Waals surface area contributed by atoms with Crippen molar-refractivity contribution in [1.29, 1.82) is 0 Å². The van der Waals surface area contributed by atoms with Gasteiger partial charge in [0.2, 0.25) is 10.0 Å². The number of rotatable bonds is 4. The molecule has 0 amide bonds. The molecule has 2 aromatic rings. The minimum Gasteiger partial charge on any atom is -0.505 e. The topological polar surface area (TPSA) is 66.4 Å². The van der Waals surface area contributed by atoms with Crippen molar-refractivity contribution in [3.63, 3.8) is 0 Å². The first kappa shape index (κ1) is 17.4. The molecule has 4 nitrogen and oxygen atoms in total. The van der Waals surface area contributed by atoms with Gasteiger partial charge in [0.15, 0.2) is 5.75 Å². The molecule has 22 heavy (non-hydrogen) atoms. The van der Waals surface area contributed by atoms with Gasteiger partial charge in [0.1, 0.15) is 4.90 Å². The monoisotopic (exact) mass is 379 g/mol. The van der Waals surface area contributed by atoms with Gasteiger partial charge in [0, 0.05) is 16.6 Å². The van der Waals surface area contributed by atoms with Crippen molar-refractivity contribution >= 4 is 44.8 Å². The molecule has 8 heteroatoms. The first-order valence-corrected chi connectivity index (χ1v) is 8.75. The minimum atomic E-state index is -3.96. The molecule has 0 atom stereocenters. The van der Waals surface area contributed by atoms with E-state index in [0.29, 0.717) is 5.02 Å². The smallest absolute Gasteiger partial charge is 0.244 e. The molecule has 0 aliphatic rings. The number of hydrogen-bond donors (Lipinski definition) is 2. The molecule has 2 rings (SSSR count). The van der Waals surface area contributed by atoms with Crippen LogP contribution >= 0.6 is 34.8 Å². The molecule has 0 fully saturated rings. The van der Waals surface area contributed by atoms with Gasteiger partial charge < -0.3 is 5.11 Å². The number of phenolic OH excluding ortho intramolecular Hbond substituents is 1. The fourth-order valence-corrected chi connectivity index (χ4v) is 3.84. The highest BCUT2D eigenvalue weighted by atomic mass is 35.5. The molecule has 0 saturated heterocycles. The van der Waals surface area contributed by atoms with Crippen LogP contribution in [0, 0.1) is 6.92 Å². The van der Waals surface area contributed by atoms with Gasteiger partial charge >= 0.3 is 0 Å². The van der Waals surface area contributed by atoms with Crippen LogP contribution in [0.2, 0.25) is 15.1 Å². The number of hydrogen-bond acceptors (Lipinski definition) is 3. The Morgan fingerprint density at radius 1 is 1.09 bits per heavy atom. The summed E-state index contributed by atoms with van der Waals surface area (Å²) in [7, 11) is -3.96. The zero-order valence-electron chi connectivity index (χ0n) is 11.4. The molecule has 0 aliphatic carbocycles. The normalized spacial score (nSPS) is 11.6. The summed E-state index contributed by atoms with van der Waals surface area (Å²) < 4.78 is 27.0. The lowest BCUT2D eigenvalue weighted by Gasteiger charge is -2.11. The molecule has 0 spiro atoms. The van der Waals surface area contributed by atoms with Crippen molar-refractivity contribution in [3.05, 3.63) is 56.5 Å². The summed E-state index contributed by atoms with van der Waals surface area (Å²) >= 11 is 17.4. The second-order valence-corrected chi connectivity index (χ2v) is 7.65. The van der Waals surface area contributed by atoms with Crippen molar-refractivity contribution in [1.82, 2.24) is 4.72 Å². The zero-order valence-corrected chi connectivity index (χ0v) is 14.5. The number of benzene rings is 2. The largest absolute Gasteiger partial charge is 0.505 e. The zero-order chi connectivity index (χ0) is 16.5. The highest BCUT2D eigenvalue weighted by Gasteiger charge is 2.21. The second kappa shape index (κ2) is 6.64. The molecule has 0 bridgehead atoms. The van der Waals surface area contributed by atoms with Crippen LogP contribution in [-0.4, -0.2) is 13.5 Å². The SMILES string of the molecule is Cc1cc(Cl)ccc1CNS(=O)(=O)c1cc(Cl)cc(Cl)c1O. The van der Waals surface area contributed by atoms with Crippen LogP contribution < -0.4 is 4.72 Å². The standard InChI is InChI=1S/C14H12Cl3NO3S/c1-8-4-10(15)3-2-9(8)7-18-22(20,21)13-6-11(16)5-12(17)14(13)19/h2-6,18-19H,7H2,1H3. The maximum atomic E-state index is 12.3. The number of halogens is 3. The summed E-state index contributed by atoms with van der Waals surface area (Å²) in [5.41, 5.74) is 1.61. The van der Waals surface area contributed by atoms with E-state index in [1.807, 2.05) is 6.92 Å². The van der Waals surface area contributed by atoms with Gasteiger partial charge in [-0.25, -0.2) is 13.1 Å². The van der Waals surface area contributed by atoms with Gasteiger partial charge in [-0.15, -0.1) is 0 Å². The average Bonchev–Trinajstić information content (AvgIpc) is 2.41. The Kier molecular flexibility index (Phi) is 5.25. The molecule has 0 aromatic heterocycles. The molecule has 0 saturated carbocycles. The van der Waals surface area contributed by atoms with Crippen LogP contribution in [0.25, 0.3) is 0 Å². The maximum Gasteiger partial charge on any atom is 0.244 e. The van der Waals surface area contributed by atoms with E-state index >= 15 is 0 Å². The summed E-state index contributed by atoms with van der Waals surface area (Å²) in [5.74, 6) is -0.536. The predicted octanol–water partition coefficient (Wildman–Crippen LogP) is 4.14. The maximum absolute atomic E-state index is 12.3. The number of nitrogens with one attached hydrogen (secondary N) is 1. The highest BCUT2D eigenvalue weighted by Crippen LogP contribution is 2.34. The van der Waals surface area contributed by atoms with Gasteiger partial charge in [-0.3, -0.25) is 0 Å². The summed E-state index contributed by atoms with van der Waals surface area (Å²) in [4.78, 5) is -0.364. The molecular formula is C14H12Cl3NO3S. The molecule has 2 aromatic carbocycles. The van der Waals surface area contributed by atoms with Gasteiger partial charge in [-0.05, 0) is 42.3 Å². The summed E-state index contributed by atoms with van der Waals surface area (Å²) in [6, 6.07) is 7.54. The van der Waals surface area contributed by atoms with E-state index in [4.69, 9.17) is 34.8 Å². The first-order valence-electron chi connectivity index (χ1n) is 6.13. The lowest BCUT2D eigenvalue weighted by Crippen LogP contribution is -2.23. The van der Waals surface area contributed by atoms with Gasteiger partial charge in [-0.2, -0.15) is 0 Å². The Balaban J connectivity index is 2.29. The Morgan fingerprint density at radius 2 is 1.77 bits per heavy atom. The van der Waals surface area contributed by atoms with Crippen LogP contribution in [0.1, 0.15) is 11.1 Å². The Bertz CT molecular complexity index is 822. The van der Waals surface area contributed by atoms with Crippen LogP contribution in [0.4, 0.5) is 0 Å². The first-order chi connectivity index (χ1) is 10.2. The van der Waals surface area contributed by atoms with Crippen molar-refractivity contribution < 1.29 is 13.5 Å². The number of sulfonamides is 1. The Morgan fingerprint density at radius 3 is 2.41 bits per heavy atom. The number of aryl methyl sites for hydroxylation is 1. The Hall–Kier alpha value is -0.980. The fourth-order valence-electron chi connectivity index (χ4n) is 1.86. The fraction of sp³-hybridized carbons (Fsp3) is 0.143. The Labute approximate surface area is 143 Å². The van der Waals surface area contributed by atoms with E-state index in [-0.39, 0.29) is 21.5 Å². The lowest BCUT2D eigenvalue weighted by molar-refractivity contribution is 0.458. The molecule has 0 unspecified atom stereocenters. The third kappa shape index (κ3) is 3.86. The van der Waals surface area contributed by atoms with E-state index in [0.717, 1.165) is 17.2 Å². The minimum absolute atomic E-state index is 0.0505. The predicted molar refractivity (Wildman–Crippen MR) is 88.3 cm³/mol. The number of phenols is 1. The van der Waals surface area contributed by atoms with E-state index < -0.39 is 15.8 Å². The summed E-state index contributed by atoms with van der Waals surface area (Å²) in [6.07, 6.45) is 0. The molecule has 2 N–H and O–H groups in total. The average molecular weight is 381 g/mol. The summed E-state index contributed by atoms with van der Waals surface area (Å²) in [6.45, 7) is 1.87. The molecule has 0 radical (unpaired) electrons. The van der Waals surface area contributed by atoms with Crippen LogP contribution in [0.3, 0.4) is 0 Å². The molecule has 0 heterocycles. The molecule has 118 valence electrons. The van der Waals surface area contributed by atoms with Gasteiger partial charge in [-0.1, -0.05) is 40.9 Å². The van der Waals surface area contributed by atoms with Gasteiger partial charge in [0.05, 0.1) is 5.02 Å². The highest BCUT2D eigenvalue weighted by molar-refractivity contribution is 7.89. The summed E-state index contributed by atoms with van der Waals surface area (Å²) in [5, 5.41) is 10.4. The van der Waals surface area contributed by atoms with Crippen molar-refractivity contribution in [2.45, 2.75) is 18.4 Å². The van der Waals surface area contributed by atoms with Crippen LogP contribution in [0.5, 0.6) is 5.75 Å². The van der Waals surface area contributed by atoms with Crippen LogP contribution in [0.15, 0.2) is 35.2 Å². The van der Waals surface area contributed by atoms with Crippen molar-refractivity contribution in [3.8, 4) is 5.75 Å². The quantitative estimate of drug-likeness (QED) is 0.837. The molecule has 0 aliphatic heterocycles. The number of aromatic hydroxyl groups is 1. The second-order valence-electron chi connectivity index (χ2n) is 4.63.